The number of hydrogen-bond acceptors (Lipinski definition) is 4. The second-order valence-corrected chi connectivity index (χ2v) is 10.5. The average Bonchev–Trinajstić information content (AvgIpc) is 3.01. The molecule has 0 spiro atoms. The summed E-state index contributed by atoms with van der Waals surface area (Å²) in [4.78, 5) is 5.93. The van der Waals surface area contributed by atoms with Gasteiger partial charge in [0.25, 0.3) is 0 Å². The van der Waals surface area contributed by atoms with E-state index in [-0.39, 0.29) is 18.3 Å². The summed E-state index contributed by atoms with van der Waals surface area (Å²) in [5.41, 5.74) is 5.22. The molecule has 0 aliphatic carbocycles. The zero-order chi connectivity index (χ0) is 22.1. The lowest BCUT2D eigenvalue weighted by Crippen LogP contribution is -2.41. The maximum atomic E-state index is 6.24. The molecule has 6 rings (SSSR count). The third-order valence-electron chi connectivity index (χ3n) is 7.00. The molecular weight excluding hydrogens is 413 g/mol. The lowest BCUT2D eigenvalue weighted by atomic mass is 9.78. The van der Waals surface area contributed by atoms with Crippen LogP contribution in [0, 0.1) is 0 Å². The van der Waals surface area contributed by atoms with E-state index in [1.165, 1.54) is 37.9 Å². The van der Waals surface area contributed by atoms with Crippen molar-refractivity contribution in [1.82, 2.24) is 4.98 Å². The van der Waals surface area contributed by atoms with Crippen molar-refractivity contribution < 1.29 is 9.31 Å². The van der Waals surface area contributed by atoms with Gasteiger partial charge in [-0.2, -0.15) is 0 Å². The van der Waals surface area contributed by atoms with Gasteiger partial charge in [0.05, 0.1) is 11.2 Å². The van der Waals surface area contributed by atoms with Crippen LogP contribution in [-0.2, 0) is 9.31 Å². The Kier molecular flexibility index (Phi) is 4.35. The Bertz CT molecular complexity index is 1350. The second-order valence-electron chi connectivity index (χ2n) is 9.51. The van der Waals surface area contributed by atoms with Gasteiger partial charge in [-0.3, -0.25) is 0 Å². The van der Waals surface area contributed by atoms with Crippen LogP contribution in [0.5, 0.6) is 0 Å². The number of nitrogens with zero attached hydrogens (tertiary/aromatic N) is 1. The molecule has 0 unspecified atom stereocenters. The molecule has 0 amide bonds. The maximum Gasteiger partial charge on any atom is 0.494 e. The number of fused-ring (bicyclic) bond motifs is 2. The summed E-state index contributed by atoms with van der Waals surface area (Å²) >= 11 is 1.75. The molecule has 3 aromatic carbocycles. The molecule has 2 aliphatic rings. The fraction of sp³-hybridized carbons (Fsp3) is 0.222. The Hall–Kier alpha value is -2.60. The number of aromatic nitrogens is 1. The number of benzene rings is 3. The van der Waals surface area contributed by atoms with E-state index in [4.69, 9.17) is 9.31 Å². The number of rotatable bonds is 2. The van der Waals surface area contributed by atoms with Gasteiger partial charge in [-0.05, 0) is 61.8 Å². The first-order valence-corrected chi connectivity index (χ1v) is 11.8. The Morgan fingerprint density at radius 1 is 0.781 bits per heavy atom. The molecule has 0 N–H and O–H groups in total. The fourth-order valence-corrected chi connectivity index (χ4v) is 5.59. The summed E-state index contributed by atoms with van der Waals surface area (Å²) < 4.78 is 12.5. The molecular formula is C27H24BNO2S. The summed E-state index contributed by atoms with van der Waals surface area (Å²) in [6, 6.07) is 23.8. The van der Waals surface area contributed by atoms with E-state index in [2.05, 4.69) is 93.3 Å². The van der Waals surface area contributed by atoms with Gasteiger partial charge < -0.3 is 9.31 Å². The fourth-order valence-electron chi connectivity index (χ4n) is 4.52. The molecule has 5 heteroatoms. The van der Waals surface area contributed by atoms with Crippen LogP contribution < -0.4 is 5.46 Å². The molecule has 1 saturated heterocycles. The predicted octanol–water partition coefficient (Wildman–Crippen LogP) is 6.33. The van der Waals surface area contributed by atoms with Gasteiger partial charge in [0.1, 0.15) is 5.03 Å². The highest BCUT2D eigenvalue weighted by molar-refractivity contribution is 7.99. The Morgan fingerprint density at radius 2 is 1.53 bits per heavy atom. The average molecular weight is 437 g/mol. The standard InChI is InChI=1S/C27H24BNO2S/c1-26(2)27(3,4)31-28(30-26)19-13-10-17(11-14-19)20-15-12-18-7-5-9-22-23(18)24(20)21-8-6-16-29-25(21)32-22/h5-16H,1-4H3. The lowest BCUT2D eigenvalue weighted by molar-refractivity contribution is 0.00578. The first-order chi connectivity index (χ1) is 15.3. The molecule has 32 heavy (non-hydrogen) atoms. The molecule has 3 heterocycles. The van der Waals surface area contributed by atoms with Gasteiger partial charge in [0.15, 0.2) is 0 Å². The predicted molar refractivity (Wildman–Crippen MR) is 132 cm³/mol. The van der Waals surface area contributed by atoms with Crippen LogP contribution in [0.25, 0.3) is 33.0 Å². The number of hydrogen-bond donors (Lipinski definition) is 0. The number of pyridine rings is 1. The SMILES string of the molecule is CC1(C)OB(c2ccc(-c3ccc4cccc5c4c3-c3cccnc3S5)cc2)OC1(C)C. The minimum Gasteiger partial charge on any atom is -0.399 e. The van der Waals surface area contributed by atoms with Gasteiger partial charge in [-0.15, -0.1) is 0 Å². The van der Waals surface area contributed by atoms with Gasteiger partial charge in [-0.1, -0.05) is 66.4 Å². The molecule has 0 bridgehead atoms. The lowest BCUT2D eigenvalue weighted by Gasteiger charge is -2.32. The van der Waals surface area contributed by atoms with Crippen LogP contribution in [0.1, 0.15) is 27.7 Å². The minimum atomic E-state index is -0.350. The van der Waals surface area contributed by atoms with Gasteiger partial charge in [0, 0.05) is 27.6 Å². The Balaban J connectivity index is 1.47. The van der Waals surface area contributed by atoms with E-state index >= 15 is 0 Å². The van der Waals surface area contributed by atoms with E-state index < -0.39 is 0 Å². The van der Waals surface area contributed by atoms with Crippen molar-refractivity contribution >= 4 is 35.1 Å². The second kappa shape index (κ2) is 6.95. The summed E-state index contributed by atoms with van der Waals surface area (Å²) in [6.07, 6.45) is 1.87. The minimum absolute atomic E-state index is 0.344. The molecule has 0 atom stereocenters. The molecule has 2 aliphatic heterocycles. The summed E-state index contributed by atoms with van der Waals surface area (Å²) in [5.74, 6) is 0. The third-order valence-corrected chi connectivity index (χ3v) is 8.08. The highest BCUT2D eigenvalue weighted by Gasteiger charge is 2.51. The highest BCUT2D eigenvalue weighted by Crippen LogP contribution is 2.50. The largest absolute Gasteiger partial charge is 0.494 e. The van der Waals surface area contributed by atoms with Crippen molar-refractivity contribution in [2.45, 2.75) is 48.8 Å². The summed E-state index contributed by atoms with van der Waals surface area (Å²) in [7, 11) is -0.350. The van der Waals surface area contributed by atoms with Crippen LogP contribution in [0.3, 0.4) is 0 Å². The van der Waals surface area contributed by atoms with Crippen molar-refractivity contribution in [3.8, 4) is 22.3 Å². The van der Waals surface area contributed by atoms with E-state index in [9.17, 15) is 0 Å². The molecule has 158 valence electrons. The summed E-state index contributed by atoms with van der Waals surface area (Å²) in [6.45, 7) is 8.34. The first-order valence-electron chi connectivity index (χ1n) is 11.0. The molecule has 4 aromatic rings. The summed E-state index contributed by atoms with van der Waals surface area (Å²) in [5, 5.41) is 3.64. The van der Waals surface area contributed by atoms with E-state index in [1.54, 1.807) is 11.8 Å². The van der Waals surface area contributed by atoms with Crippen LogP contribution in [0.2, 0.25) is 0 Å². The molecule has 1 fully saturated rings. The normalized spacial score (nSPS) is 18.1. The van der Waals surface area contributed by atoms with Crippen LogP contribution in [0.4, 0.5) is 0 Å². The van der Waals surface area contributed by atoms with Gasteiger partial charge in [-0.25, -0.2) is 4.98 Å². The van der Waals surface area contributed by atoms with Crippen molar-refractivity contribution in [2.75, 3.05) is 0 Å². The van der Waals surface area contributed by atoms with E-state index in [1.807, 2.05) is 12.3 Å². The smallest absolute Gasteiger partial charge is 0.399 e. The van der Waals surface area contributed by atoms with Gasteiger partial charge >= 0.3 is 7.12 Å². The zero-order valence-corrected chi connectivity index (χ0v) is 19.5. The van der Waals surface area contributed by atoms with Crippen LogP contribution in [-0.4, -0.2) is 23.3 Å². The maximum absolute atomic E-state index is 6.24. The van der Waals surface area contributed by atoms with Crippen LogP contribution >= 0.6 is 11.8 Å². The van der Waals surface area contributed by atoms with E-state index in [0.29, 0.717) is 0 Å². The molecule has 1 aromatic heterocycles. The van der Waals surface area contributed by atoms with Crippen molar-refractivity contribution in [2.24, 2.45) is 0 Å². The first kappa shape index (κ1) is 20.0. The molecule has 3 nitrogen and oxygen atoms in total. The monoisotopic (exact) mass is 437 g/mol. The highest BCUT2D eigenvalue weighted by atomic mass is 32.2. The van der Waals surface area contributed by atoms with Crippen molar-refractivity contribution in [1.29, 1.82) is 0 Å². The third kappa shape index (κ3) is 2.96. The quantitative estimate of drug-likeness (QED) is 0.302. The van der Waals surface area contributed by atoms with Crippen LogP contribution in [0.15, 0.2) is 82.8 Å². The zero-order valence-electron chi connectivity index (χ0n) is 18.7. The Labute approximate surface area is 193 Å². The van der Waals surface area contributed by atoms with Crippen molar-refractivity contribution in [3.05, 3.63) is 72.9 Å². The molecule has 0 saturated carbocycles. The van der Waals surface area contributed by atoms with Crippen molar-refractivity contribution in [3.63, 3.8) is 0 Å². The van der Waals surface area contributed by atoms with Gasteiger partial charge in [0.2, 0.25) is 0 Å². The topological polar surface area (TPSA) is 31.4 Å². The Morgan fingerprint density at radius 3 is 2.28 bits per heavy atom. The van der Waals surface area contributed by atoms with E-state index in [0.717, 1.165) is 10.5 Å². The molecule has 0 radical (unpaired) electrons.